The zero-order chi connectivity index (χ0) is 18.4. The van der Waals surface area contributed by atoms with Crippen molar-refractivity contribution in [1.29, 1.82) is 0 Å². The van der Waals surface area contributed by atoms with Crippen LogP contribution in [0.3, 0.4) is 0 Å². The first-order valence-electron chi connectivity index (χ1n) is 7.64. The van der Waals surface area contributed by atoms with Gasteiger partial charge in [0.2, 0.25) is 0 Å². The summed E-state index contributed by atoms with van der Waals surface area (Å²) in [5.41, 5.74) is 0.677. The van der Waals surface area contributed by atoms with Gasteiger partial charge >= 0.3 is 11.8 Å². The van der Waals surface area contributed by atoms with Gasteiger partial charge in [-0.05, 0) is 36.2 Å². The number of rotatable bonds is 5. The maximum Gasteiger partial charge on any atom is 0.313 e. The quantitative estimate of drug-likeness (QED) is 0.816. The SMILES string of the molecule is CCC(NC(=O)C(=O)Nc1cc(F)cc(F)c1)c1ccc(OC)cc1. The Morgan fingerprint density at radius 2 is 1.64 bits per heavy atom. The van der Waals surface area contributed by atoms with Gasteiger partial charge in [0.05, 0.1) is 13.2 Å². The summed E-state index contributed by atoms with van der Waals surface area (Å²) in [6.07, 6.45) is 0.555. The van der Waals surface area contributed by atoms with Crippen LogP contribution in [0.1, 0.15) is 24.9 Å². The molecule has 2 aromatic rings. The van der Waals surface area contributed by atoms with Crippen LogP contribution in [0.2, 0.25) is 0 Å². The van der Waals surface area contributed by atoms with Crippen LogP contribution in [0.25, 0.3) is 0 Å². The van der Waals surface area contributed by atoms with Crippen LogP contribution in [0.4, 0.5) is 14.5 Å². The summed E-state index contributed by atoms with van der Waals surface area (Å²) >= 11 is 0. The molecule has 2 N–H and O–H groups in total. The van der Waals surface area contributed by atoms with E-state index in [1.807, 2.05) is 6.92 Å². The van der Waals surface area contributed by atoms with Crippen molar-refractivity contribution in [2.45, 2.75) is 19.4 Å². The number of anilines is 1. The van der Waals surface area contributed by atoms with Gasteiger partial charge in [0.1, 0.15) is 17.4 Å². The van der Waals surface area contributed by atoms with Gasteiger partial charge in [-0.15, -0.1) is 0 Å². The lowest BCUT2D eigenvalue weighted by molar-refractivity contribution is -0.136. The first-order valence-corrected chi connectivity index (χ1v) is 7.64. The molecule has 132 valence electrons. The fraction of sp³-hybridized carbons (Fsp3) is 0.222. The summed E-state index contributed by atoms with van der Waals surface area (Å²) in [6, 6.07) is 9.21. The second kappa shape index (κ2) is 8.23. The largest absolute Gasteiger partial charge is 0.497 e. The minimum absolute atomic E-state index is 0.129. The number of hydrogen-bond acceptors (Lipinski definition) is 3. The highest BCUT2D eigenvalue weighted by molar-refractivity contribution is 6.39. The van der Waals surface area contributed by atoms with E-state index < -0.39 is 23.4 Å². The molecule has 25 heavy (non-hydrogen) atoms. The molecule has 0 spiro atoms. The van der Waals surface area contributed by atoms with Crippen LogP contribution in [0.5, 0.6) is 5.75 Å². The Bertz CT molecular complexity index is 743. The molecule has 2 aromatic carbocycles. The van der Waals surface area contributed by atoms with Gasteiger partial charge in [0.25, 0.3) is 0 Å². The highest BCUT2D eigenvalue weighted by atomic mass is 19.1. The lowest BCUT2D eigenvalue weighted by Crippen LogP contribution is -2.37. The van der Waals surface area contributed by atoms with Crippen LogP contribution in [0, 0.1) is 11.6 Å². The molecule has 0 saturated heterocycles. The van der Waals surface area contributed by atoms with E-state index in [0.29, 0.717) is 18.2 Å². The van der Waals surface area contributed by atoms with Crippen molar-refractivity contribution in [3.05, 3.63) is 59.7 Å². The van der Waals surface area contributed by atoms with E-state index in [1.54, 1.807) is 31.4 Å². The Balaban J connectivity index is 2.03. The fourth-order valence-electron chi connectivity index (χ4n) is 2.29. The molecule has 0 saturated carbocycles. The van der Waals surface area contributed by atoms with Crippen molar-refractivity contribution >= 4 is 17.5 Å². The molecule has 0 aromatic heterocycles. The van der Waals surface area contributed by atoms with Crippen LogP contribution in [-0.2, 0) is 9.59 Å². The summed E-state index contributed by atoms with van der Waals surface area (Å²) in [5, 5.41) is 4.76. The van der Waals surface area contributed by atoms with Gasteiger partial charge in [-0.2, -0.15) is 0 Å². The second-order valence-electron chi connectivity index (χ2n) is 5.32. The first kappa shape index (κ1) is 18.4. The monoisotopic (exact) mass is 348 g/mol. The summed E-state index contributed by atoms with van der Waals surface area (Å²) in [4.78, 5) is 24.0. The molecule has 1 atom stereocenters. The maximum atomic E-state index is 13.1. The van der Waals surface area contributed by atoms with Gasteiger partial charge in [-0.25, -0.2) is 8.78 Å². The van der Waals surface area contributed by atoms with Crippen molar-refractivity contribution < 1.29 is 23.1 Å². The lowest BCUT2D eigenvalue weighted by atomic mass is 10.0. The van der Waals surface area contributed by atoms with Crippen molar-refractivity contribution in [2.75, 3.05) is 12.4 Å². The number of carbonyl (C=O) groups is 2. The Hall–Kier alpha value is -2.96. The number of amides is 2. The van der Waals surface area contributed by atoms with Crippen molar-refractivity contribution in [2.24, 2.45) is 0 Å². The highest BCUT2D eigenvalue weighted by Crippen LogP contribution is 2.20. The summed E-state index contributed by atoms with van der Waals surface area (Å²) in [7, 11) is 1.55. The predicted molar refractivity (Wildman–Crippen MR) is 89.2 cm³/mol. The average Bonchev–Trinajstić information content (AvgIpc) is 2.58. The number of hydrogen-bond donors (Lipinski definition) is 2. The third-order valence-electron chi connectivity index (χ3n) is 3.56. The van der Waals surface area contributed by atoms with Crippen LogP contribution < -0.4 is 15.4 Å². The van der Waals surface area contributed by atoms with Gasteiger partial charge in [-0.3, -0.25) is 9.59 Å². The summed E-state index contributed by atoms with van der Waals surface area (Å²) in [5.74, 6) is -2.92. The number of halogens is 2. The molecular weight excluding hydrogens is 330 g/mol. The van der Waals surface area contributed by atoms with Crippen molar-refractivity contribution in [1.82, 2.24) is 5.32 Å². The van der Waals surface area contributed by atoms with E-state index in [-0.39, 0.29) is 11.7 Å². The summed E-state index contributed by atoms with van der Waals surface area (Å²) < 4.78 is 31.3. The number of methoxy groups -OCH3 is 1. The van der Waals surface area contributed by atoms with E-state index in [1.165, 1.54) is 0 Å². The van der Waals surface area contributed by atoms with Crippen LogP contribution in [-0.4, -0.2) is 18.9 Å². The molecule has 2 rings (SSSR count). The Labute approximate surface area is 144 Å². The number of nitrogens with one attached hydrogen (secondary N) is 2. The Kier molecular flexibility index (Phi) is 6.05. The van der Waals surface area contributed by atoms with E-state index in [2.05, 4.69) is 10.6 Å². The molecule has 0 heterocycles. The third-order valence-corrected chi connectivity index (χ3v) is 3.56. The third kappa shape index (κ3) is 5.00. The molecule has 0 aliphatic carbocycles. The van der Waals surface area contributed by atoms with E-state index in [9.17, 15) is 18.4 Å². The van der Waals surface area contributed by atoms with E-state index in [0.717, 1.165) is 17.7 Å². The smallest absolute Gasteiger partial charge is 0.313 e. The van der Waals surface area contributed by atoms with Gasteiger partial charge in [0.15, 0.2) is 0 Å². The van der Waals surface area contributed by atoms with Crippen LogP contribution in [0.15, 0.2) is 42.5 Å². The number of ether oxygens (including phenoxy) is 1. The Morgan fingerprint density at radius 3 is 2.16 bits per heavy atom. The normalized spacial score (nSPS) is 11.5. The van der Waals surface area contributed by atoms with Gasteiger partial charge < -0.3 is 15.4 Å². The minimum Gasteiger partial charge on any atom is -0.497 e. The minimum atomic E-state index is -1.00. The van der Waals surface area contributed by atoms with Crippen molar-refractivity contribution in [3.63, 3.8) is 0 Å². The standard InChI is InChI=1S/C18H18F2N2O3/c1-3-16(11-4-6-15(25-2)7-5-11)22-18(24)17(23)21-14-9-12(19)8-13(20)10-14/h4-10,16H,3H2,1-2H3,(H,21,23)(H,22,24). The van der Waals surface area contributed by atoms with Gasteiger partial charge in [0, 0.05) is 11.8 Å². The van der Waals surface area contributed by atoms with Crippen LogP contribution >= 0.6 is 0 Å². The molecule has 1 unspecified atom stereocenters. The zero-order valence-electron chi connectivity index (χ0n) is 13.8. The van der Waals surface area contributed by atoms with Gasteiger partial charge in [-0.1, -0.05) is 19.1 Å². The molecule has 2 amide bonds. The topological polar surface area (TPSA) is 67.4 Å². The average molecular weight is 348 g/mol. The second-order valence-corrected chi connectivity index (χ2v) is 5.32. The lowest BCUT2D eigenvalue weighted by Gasteiger charge is -2.17. The van der Waals surface area contributed by atoms with Crippen molar-refractivity contribution in [3.8, 4) is 5.75 Å². The predicted octanol–water partition coefficient (Wildman–Crippen LogP) is 3.18. The van der Waals surface area contributed by atoms with E-state index in [4.69, 9.17) is 4.74 Å². The molecule has 0 bridgehead atoms. The van der Waals surface area contributed by atoms with E-state index >= 15 is 0 Å². The fourth-order valence-corrected chi connectivity index (χ4v) is 2.29. The molecular formula is C18H18F2N2O3. The first-order chi connectivity index (χ1) is 11.9. The zero-order valence-corrected chi connectivity index (χ0v) is 13.8. The summed E-state index contributed by atoms with van der Waals surface area (Å²) in [6.45, 7) is 1.86. The Morgan fingerprint density at radius 1 is 1.04 bits per heavy atom. The number of carbonyl (C=O) groups excluding carboxylic acids is 2. The molecule has 7 heteroatoms. The molecule has 5 nitrogen and oxygen atoms in total. The molecule has 0 fully saturated rings. The number of benzene rings is 2. The molecule has 0 aliphatic rings. The molecule has 0 radical (unpaired) electrons. The molecule has 0 aliphatic heterocycles. The maximum absolute atomic E-state index is 13.1. The highest BCUT2D eigenvalue weighted by Gasteiger charge is 2.19.